The van der Waals surface area contributed by atoms with Gasteiger partial charge >= 0.3 is 0 Å². The summed E-state index contributed by atoms with van der Waals surface area (Å²) in [5, 5.41) is 19.4. The number of nitrogen functional groups attached to an aromatic ring is 1. The molecule has 10 heteroatoms. The third kappa shape index (κ3) is 4.40. The zero-order valence-electron chi connectivity index (χ0n) is 15.8. The van der Waals surface area contributed by atoms with Crippen LogP contribution in [-0.4, -0.2) is 36.9 Å². The molecule has 0 spiro atoms. The molecule has 2 heterocycles. The van der Waals surface area contributed by atoms with E-state index in [4.69, 9.17) is 5.73 Å². The van der Waals surface area contributed by atoms with E-state index in [-0.39, 0.29) is 17.3 Å². The van der Waals surface area contributed by atoms with E-state index >= 15 is 0 Å². The van der Waals surface area contributed by atoms with Gasteiger partial charge in [-0.15, -0.1) is 5.10 Å². The molecule has 3 N–H and O–H groups in total. The molecule has 0 atom stereocenters. The summed E-state index contributed by atoms with van der Waals surface area (Å²) in [5.41, 5.74) is 11.0. The Bertz CT molecular complexity index is 961. The molecule has 0 saturated carbocycles. The quantitative estimate of drug-likeness (QED) is 0.448. The minimum atomic E-state index is -0.441. The molecule has 10 nitrogen and oxygen atoms in total. The second-order valence-corrected chi connectivity index (χ2v) is 6.29. The summed E-state index contributed by atoms with van der Waals surface area (Å²) in [6.07, 6.45) is 2.92. The molecule has 146 valence electrons. The average molecular weight is 382 g/mol. The number of hydrogen-bond donors (Lipinski definition) is 2. The molecule has 0 aliphatic rings. The van der Waals surface area contributed by atoms with Crippen molar-refractivity contribution in [3.63, 3.8) is 0 Å². The van der Waals surface area contributed by atoms with Gasteiger partial charge in [0, 0.05) is 5.71 Å². The summed E-state index contributed by atoms with van der Waals surface area (Å²) >= 11 is 0. The van der Waals surface area contributed by atoms with E-state index in [1.54, 1.807) is 0 Å². The van der Waals surface area contributed by atoms with Gasteiger partial charge in [0.25, 0.3) is 5.91 Å². The number of nitrogens with zero attached hydrogens (tertiary/aromatic N) is 6. The number of aromatic nitrogens is 5. The second kappa shape index (κ2) is 8.89. The van der Waals surface area contributed by atoms with Crippen molar-refractivity contribution in [3.8, 4) is 5.82 Å². The maximum absolute atomic E-state index is 12.6. The van der Waals surface area contributed by atoms with Gasteiger partial charge in [0.2, 0.25) is 11.6 Å². The highest BCUT2D eigenvalue weighted by Gasteiger charge is 2.23. The number of amides is 1. The SMILES string of the molecule is CCCc1c(C(=O)NN=C(C)CCc2ccccc2)nnn1-c1nonc1N. The zero-order valence-corrected chi connectivity index (χ0v) is 15.8. The monoisotopic (exact) mass is 382 g/mol. The first-order valence-corrected chi connectivity index (χ1v) is 9.00. The normalized spacial score (nSPS) is 11.6. The Balaban J connectivity index is 1.70. The smallest absolute Gasteiger partial charge is 0.293 e. The third-order valence-electron chi connectivity index (χ3n) is 4.13. The van der Waals surface area contributed by atoms with Crippen LogP contribution in [0.1, 0.15) is 48.4 Å². The summed E-state index contributed by atoms with van der Waals surface area (Å²) in [7, 11) is 0. The first-order valence-electron chi connectivity index (χ1n) is 9.00. The molecular formula is C18H22N8O2. The number of hydrazone groups is 1. The van der Waals surface area contributed by atoms with Gasteiger partial charge in [-0.2, -0.15) is 9.78 Å². The Hall–Kier alpha value is -3.56. The zero-order chi connectivity index (χ0) is 19.9. The number of aryl methyl sites for hydroxylation is 1. The molecule has 0 aliphatic heterocycles. The van der Waals surface area contributed by atoms with Gasteiger partial charge in [-0.1, -0.05) is 48.9 Å². The second-order valence-electron chi connectivity index (χ2n) is 6.29. The van der Waals surface area contributed by atoms with Crippen LogP contribution in [0, 0.1) is 0 Å². The van der Waals surface area contributed by atoms with Crippen molar-refractivity contribution in [2.45, 2.75) is 39.5 Å². The summed E-state index contributed by atoms with van der Waals surface area (Å²) < 4.78 is 5.98. The van der Waals surface area contributed by atoms with Crippen molar-refractivity contribution in [2.24, 2.45) is 5.10 Å². The lowest BCUT2D eigenvalue weighted by atomic mass is 10.1. The lowest BCUT2D eigenvalue weighted by molar-refractivity contribution is 0.0948. The molecule has 2 aromatic heterocycles. The lowest BCUT2D eigenvalue weighted by Crippen LogP contribution is -2.21. The maximum atomic E-state index is 12.6. The number of nitrogens with one attached hydrogen (secondary N) is 1. The summed E-state index contributed by atoms with van der Waals surface area (Å²) in [6, 6.07) is 10.1. The molecule has 0 saturated heterocycles. The minimum Gasteiger partial charge on any atom is -0.378 e. The van der Waals surface area contributed by atoms with Gasteiger partial charge in [-0.25, -0.2) is 10.1 Å². The Morgan fingerprint density at radius 1 is 1.25 bits per heavy atom. The molecule has 0 aliphatic carbocycles. The van der Waals surface area contributed by atoms with E-state index in [0.717, 1.165) is 25.0 Å². The Kier molecular flexibility index (Phi) is 6.10. The van der Waals surface area contributed by atoms with Gasteiger partial charge < -0.3 is 5.73 Å². The van der Waals surface area contributed by atoms with Crippen LogP contribution >= 0.6 is 0 Å². The number of carbonyl (C=O) groups is 1. The van der Waals surface area contributed by atoms with E-state index < -0.39 is 5.91 Å². The molecule has 0 radical (unpaired) electrons. The maximum Gasteiger partial charge on any atom is 0.293 e. The van der Waals surface area contributed by atoms with E-state index in [1.807, 2.05) is 32.0 Å². The fraction of sp³-hybridized carbons (Fsp3) is 0.333. The van der Waals surface area contributed by atoms with Crippen LogP contribution in [-0.2, 0) is 12.8 Å². The van der Waals surface area contributed by atoms with Gasteiger partial charge in [0.15, 0.2) is 5.69 Å². The number of nitrogens with two attached hydrogens (primary N) is 1. The number of benzene rings is 1. The van der Waals surface area contributed by atoms with Crippen LogP contribution in [0.5, 0.6) is 0 Å². The Morgan fingerprint density at radius 2 is 2.04 bits per heavy atom. The van der Waals surface area contributed by atoms with E-state index in [1.165, 1.54) is 10.2 Å². The highest BCUT2D eigenvalue weighted by atomic mass is 16.6. The summed E-state index contributed by atoms with van der Waals surface area (Å²) in [5.74, 6) is -0.162. The van der Waals surface area contributed by atoms with Crippen molar-refractivity contribution in [2.75, 3.05) is 5.73 Å². The molecular weight excluding hydrogens is 360 g/mol. The van der Waals surface area contributed by atoms with Crippen LogP contribution in [0.4, 0.5) is 5.82 Å². The standard InChI is InChI=1S/C18H22N8O2/c1-3-7-14-15(21-25-26(14)17-16(19)23-28-24-17)18(27)22-20-12(2)10-11-13-8-5-4-6-9-13/h4-6,8-9H,3,7,10-11H2,1-2H3,(H2,19,23)(H,22,27). The molecule has 0 unspecified atom stereocenters. The number of hydrogen-bond acceptors (Lipinski definition) is 8. The largest absolute Gasteiger partial charge is 0.378 e. The first kappa shape index (κ1) is 19.2. The molecule has 3 aromatic rings. The van der Waals surface area contributed by atoms with E-state index in [9.17, 15) is 4.79 Å². The molecule has 0 fully saturated rings. The van der Waals surface area contributed by atoms with Gasteiger partial charge in [-0.3, -0.25) is 4.79 Å². The van der Waals surface area contributed by atoms with Crippen molar-refractivity contribution < 1.29 is 9.42 Å². The average Bonchev–Trinajstić information content (AvgIpc) is 3.31. The highest BCUT2D eigenvalue weighted by molar-refractivity contribution is 5.94. The third-order valence-corrected chi connectivity index (χ3v) is 4.13. The topological polar surface area (TPSA) is 137 Å². The first-order chi connectivity index (χ1) is 13.6. The highest BCUT2D eigenvalue weighted by Crippen LogP contribution is 2.17. The van der Waals surface area contributed by atoms with Crippen molar-refractivity contribution >= 4 is 17.4 Å². The minimum absolute atomic E-state index is 0.0731. The molecule has 3 rings (SSSR count). The number of anilines is 1. The molecule has 1 aromatic carbocycles. The van der Waals surface area contributed by atoms with E-state index in [0.29, 0.717) is 12.1 Å². The summed E-state index contributed by atoms with van der Waals surface area (Å²) in [6.45, 7) is 3.85. The predicted octanol–water partition coefficient (Wildman–Crippen LogP) is 1.92. The van der Waals surface area contributed by atoms with Crippen LogP contribution in [0.2, 0.25) is 0 Å². The fourth-order valence-electron chi connectivity index (χ4n) is 2.67. The van der Waals surface area contributed by atoms with Crippen LogP contribution in [0.15, 0.2) is 40.1 Å². The molecule has 1 amide bonds. The van der Waals surface area contributed by atoms with Crippen molar-refractivity contribution in [1.29, 1.82) is 0 Å². The van der Waals surface area contributed by atoms with Gasteiger partial charge in [0.1, 0.15) is 0 Å². The number of rotatable bonds is 8. The Morgan fingerprint density at radius 3 is 2.71 bits per heavy atom. The van der Waals surface area contributed by atoms with Gasteiger partial charge in [0.05, 0.1) is 5.69 Å². The Labute approximate surface area is 161 Å². The van der Waals surface area contributed by atoms with Crippen LogP contribution in [0.3, 0.4) is 0 Å². The molecule has 28 heavy (non-hydrogen) atoms. The van der Waals surface area contributed by atoms with E-state index in [2.05, 4.69) is 47.9 Å². The van der Waals surface area contributed by atoms with Crippen LogP contribution < -0.4 is 11.2 Å². The predicted molar refractivity (Wildman–Crippen MR) is 103 cm³/mol. The van der Waals surface area contributed by atoms with Crippen LogP contribution in [0.25, 0.3) is 5.82 Å². The van der Waals surface area contributed by atoms with Crippen molar-refractivity contribution in [1.82, 2.24) is 30.7 Å². The van der Waals surface area contributed by atoms with Crippen molar-refractivity contribution in [3.05, 3.63) is 47.3 Å². The summed E-state index contributed by atoms with van der Waals surface area (Å²) in [4.78, 5) is 12.6. The number of carbonyl (C=O) groups excluding carboxylic acids is 1. The van der Waals surface area contributed by atoms with Gasteiger partial charge in [-0.05, 0) is 42.1 Å². The molecule has 0 bridgehead atoms. The lowest BCUT2D eigenvalue weighted by Gasteiger charge is -2.05. The fourth-order valence-corrected chi connectivity index (χ4v) is 2.67.